The van der Waals surface area contributed by atoms with Crippen LogP contribution in [0.2, 0.25) is 0 Å². The number of rotatable bonds is 2. The Hall–Kier alpha value is -0.750. The van der Waals surface area contributed by atoms with Crippen LogP contribution in [0.3, 0.4) is 0 Å². The summed E-state index contributed by atoms with van der Waals surface area (Å²) < 4.78 is 17.6. The van der Waals surface area contributed by atoms with Crippen molar-refractivity contribution in [1.82, 2.24) is 0 Å². The van der Waals surface area contributed by atoms with E-state index >= 15 is 0 Å². The highest BCUT2D eigenvalue weighted by atomic mass is 16.5. The van der Waals surface area contributed by atoms with Gasteiger partial charge >= 0.3 is 0 Å². The Labute approximate surface area is 155 Å². The number of hydrogen-bond donors (Lipinski definition) is 1. The minimum atomic E-state index is -0.768. The molecule has 1 N–H and O–H groups in total. The summed E-state index contributed by atoms with van der Waals surface area (Å²) in [5, 5.41) is 11.7. The first-order valence-electron chi connectivity index (χ1n) is 9.87. The van der Waals surface area contributed by atoms with Gasteiger partial charge in [-0.2, -0.15) is 0 Å². The van der Waals surface area contributed by atoms with Gasteiger partial charge in [0, 0.05) is 37.4 Å². The molecule has 0 amide bonds. The second-order valence-electron chi connectivity index (χ2n) is 9.62. The van der Waals surface area contributed by atoms with Crippen LogP contribution in [-0.2, 0) is 19.0 Å². The number of fused-ring (bicyclic) bond motifs is 1. The van der Waals surface area contributed by atoms with Crippen LogP contribution in [0.15, 0.2) is 11.1 Å². The Kier molecular flexibility index (Phi) is 3.21. The molecule has 5 nitrogen and oxygen atoms in total. The lowest BCUT2D eigenvalue weighted by Crippen LogP contribution is -2.88. The summed E-state index contributed by atoms with van der Waals surface area (Å²) in [6.07, 6.45) is 2.34. The number of hydrogen-bond acceptors (Lipinski definition) is 5. The Balaban J connectivity index is 1.82. The average molecular weight is 362 g/mol. The van der Waals surface area contributed by atoms with E-state index in [-0.39, 0.29) is 23.4 Å². The molecule has 0 aromatic rings. The fraction of sp³-hybridized carbons (Fsp3) is 0.857. The van der Waals surface area contributed by atoms with Gasteiger partial charge in [-0.1, -0.05) is 12.5 Å². The zero-order valence-electron chi connectivity index (χ0n) is 16.4. The number of carbonyl (C=O) groups is 1. The van der Waals surface area contributed by atoms with Crippen molar-refractivity contribution in [2.45, 2.75) is 70.4 Å². The van der Waals surface area contributed by atoms with Gasteiger partial charge in [-0.3, -0.25) is 4.79 Å². The molecular weight excluding hydrogens is 332 g/mol. The van der Waals surface area contributed by atoms with Crippen LogP contribution in [0.4, 0.5) is 0 Å². The minimum absolute atomic E-state index is 0.129. The topological polar surface area (TPSA) is 65.0 Å². The second kappa shape index (κ2) is 4.80. The van der Waals surface area contributed by atoms with E-state index in [1.54, 1.807) is 14.2 Å². The zero-order valence-corrected chi connectivity index (χ0v) is 16.4. The molecule has 1 unspecified atom stereocenters. The van der Waals surface area contributed by atoms with Crippen molar-refractivity contribution >= 4 is 5.78 Å². The van der Waals surface area contributed by atoms with Crippen molar-refractivity contribution in [2.24, 2.45) is 22.2 Å². The average Bonchev–Trinajstić information content (AvgIpc) is 2.58. The molecular formula is C21H30O5. The molecule has 5 aliphatic rings. The molecule has 5 rings (SSSR count). The molecule has 4 aliphatic carbocycles. The smallest absolute Gasteiger partial charge is 0.174 e. The summed E-state index contributed by atoms with van der Waals surface area (Å²) in [7, 11) is 3.32. The van der Waals surface area contributed by atoms with Gasteiger partial charge in [0.1, 0.15) is 6.10 Å². The van der Waals surface area contributed by atoms with Crippen molar-refractivity contribution in [3.8, 4) is 0 Å². The summed E-state index contributed by atoms with van der Waals surface area (Å²) in [5.41, 5.74) is 0.0425. The van der Waals surface area contributed by atoms with Crippen molar-refractivity contribution in [1.29, 1.82) is 0 Å². The number of carbonyl (C=O) groups excluding carboxylic acids is 1. The molecule has 0 aromatic heterocycles. The van der Waals surface area contributed by atoms with E-state index in [9.17, 15) is 9.90 Å². The normalized spacial score (nSPS) is 57.5. The summed E-state index contributed by atoms with van der Waals surface area (Å²) >= 11 is 0. The van der Waals surface area contributed by atoms with Crippen LogP contribution in [0.5, 0.6) is 0 Å². The van der Waals surface area contributed by atoms with Crippen LogP contribution in [0, 0.1) is 22.2 Å². The van der Waals surface area contributed by atoms with Gasteiger partial charge in [0.25, 0.3) is 0 Å². The predicted octanol–water partition coefficient (Wildman–Crippen LogP) is 2.26. The molecule has 8 atom stereocenters. The molecule has 0 aromatic carbocycles. The van der Waals surface area contributed by atoms with E-state index < -0.39 is 22.5 Å². The summed E-state index contributed by atoms with van der Waals surface area (Å²) in [4.78, 5) is 13.9. The van der Waals surface area contributed by atoms with Crippen molar-refractivity contribution in [3.05, 3.63) is 11.1 Å². The Morgan fingerprint density at radius 2 is 1.96 bits per heavy atom. The van der Waals surface area contributed by atoms with E-state index in [1.807, 2.05) is 0 Å². The lowest BCUT2D eigenvalue weighted by Gasteiger charge is -2.83. The number of aliphatic hydroxyl groups is 1. The molecule has 1 spiro atoms. The maximum absolute atomic E-state index is 13.9. The van der Waals surface area contributed by atoms with E-state index in [0.29, 0.717) is 18.9 Å². The standard InChI is InChI=1S/C21H30O5/c1-11-6-7-20(23)10-21-12-9-26-13(12)8-14(24-4)18(21,2)17(22)16(25-5)15(11)19(20,21)3/h12-14,16,23H,6-10H2,1-5H3/t12-,13-,14+,16-,18+,19+,20-,21?/m1/s1. The first-order valence-corrected chi connectivity index (χ1v) is 9.87. The number of methoxy groups -OCH3 is 2. The number of ketones is 1. The second-order valence-corrected chi connectivity index (χ2v) is 9.62. The molecule has 4 fully saturated rings. The van der Waals surface area contributed by atoms with E-state index in [1.165, 1.54) is 5.57 Å². The van der Waals surface area contributed by atoms with E-state index in [0.717, 1.165) is 24.8 Å². The zero-order chi connectivity index (χ0) is 18.7. The molecule has 26 heavy (non-hydrogen) atoms. The SMILES string of the molecule is CO[C@H]1C(=O)[C@]2(C)[C@@H](OC)C[C@H]3OC[C@H]3C23C[C@]2(O)CCC(C)=C1[C@]32C. The minimum Gasteiger partial charge on any atom is -0.389 e. The lowest BCUT2D eigenvalue weighted by atomic mass is 9.22. The molecule has 5 heteroatoms. The number of allylic oxidation sites excluding steroid dienone is 1. The van der Waals surface area contributed by atoms with Crippen LogP contribution < -0.4 is 0 Å². The first kappa shape index (κ1) is 17.4. The molecule has 0 radical (unpaired) electrons. The molecule has 1 saturated heterocycles. The van der Waals surface area contributed by atoms with Gasteiger partial charge in [-0.25, -0.2) is 0 Å². The summed E-state index contributed by atoms with van der Waals surface area (Å²) in [6, 6.07) is 0. The summed E-state index contributed by atoms with van der Waals surface area (Å²) in [6.45, 7) is 7.06. The lowest BCUT2D eigenvalue weighted by molar-refractivity contribution is -0.387. The molecule has 0 bridgehead atoms. The predicted molar refractivity (Wildman–Crippen MR) is 94.6 cm³/mol. The fourth-order valence-electron chi connectivity index (χ4n) is 8.08. The molecule has 1 aliphatic heterocycles. The molecule has 3 saturated carbocycles. The quantitative estimate of drug-likeness (QED) is 0.764. The van der Waals surface area contributed by atoms with Gasteiger partial charge in [0.05, 0.1) is 29.8 Å². The van der Waals surface area contributed by atoms with Crippen molar-refractivity contribution in [2.75, 3.05) is 20.8 Å². The van der Waals surface area contributed by atoms with Gasteiger partial charge in [0.15, 0.2) is 5.78 Å². The maximum Gasteiger partial charge on any atom is 0.174 e. The highest BCUT2D eigenvalue weighted by molar-refractivity contribution is 5.96. The van der Waals surface area contributed by atoms with E-state index in [2.05, 4.69) is 20.8 Å². The third-order valence-electron chi connectivity index (χ3n) is 9.43. The van der Waals surface area contributed by atoms with Crippen LogP contribution in [0.25, 0.3) is 0 Å². The van der Waals surface area contributed by atoms with Gasteiger partial charge in [0.2, 0.25) is 0 Å². The highest BCUT2D eigenvalue weighted by Gasteiger charge is 2.88. The Morgan fingerprint density at radius 3 is 2.54 bits per heavy atom. The molecule has 144 valence electrons. The van der Waals surface area contributed by atoms with E-state index in [4.69, 9.17) is 14.2 Å². The highest BCUT2D eigenvalue weighted by Crippen LogP contribution is 2.84. The first-order chi connectivity index (χ1) is 12.2. The van der Waals surface area contributed by atoms with Gasteiger partial charge in [-0.15, -0.1) is 0 Å². The van der Waals surface area contributed by atoms with Crippen LogP contribution in [0.1, 0.15) is 46.5 Å². The number of ether oxygens (including phenoxy) is 3. The third-order valence-corrected chi connectivity index (χ3v) is 9.43. The Bertz CT molecular complexity index is 730. The largest absolute Gasteiger partial charge is 0.389 e. The van der Waals surface area contributed by atoms with Gasteiger partial charge in [-0.05, 0) is 38.7 Å². The number of Topliss-reactive ketones (excluding diaryl/α,β-unsaturated/α-hetero) is 1. The fourth-order valence-corrected chi connectivity index (χ4v) is 8.08. The van der Waals surface area contributed by atoms with Crippen LogP contribution >= 0.6 is 0 Å². The monoisotopic (exact) mass is 362 g/mol. The molecule has 1 heterocycles. The Morgan fingerprint density at radius 1 is 1.23 bits per heavy atom. The maximum atomic E-state index is 13.9. The van der Waals surface area contributed by atoms with Crippen molar-refractivity contribution in [3.63, 3.8) is 0 Å². The van der Waals surface area contributed by atoms with Crippen molar-refractivity contribution < 1.29 is 24.1 Å². The summed E-state index contributed by atoms with van der Waals surface area (Å²) in [5.74, 6) is 0.430. The third kappa shape index (κ3) is 1.38. The van der Waals surface area contributed by atoms with Gasteiger partial charge < -0.3 is 19.3 Å². The van der Waals surface area contributed by atoms with Crippen LogP contribution in [-0.4, -0.2) is 55.6 Å².